The summed E-state index contributed by atoms with van der Waals surface area (Å²) >= 11 is 0. The Kier molecular flexibility index (Phi) is 4.97. The van der Waals surface area contributed by atoms with Gasteiger partial charge in [-0.25, -0.2) is 0 Å². The molecule has 0 radical (unpaired) electrons. The Morgan fingerprint density at radius 3 is 2.85 bits per heavy atom. The smallest absolute Gasteiger partial charge is 0.304 e. The Bertz CT molecular complexity index is 493. The number of ether oxygens (including phenoxy) is 1. The summed E-state index contributed by atoms with van der Waals surface area (Å²) in [6, 6.07) is 9.19. The van der Waals surface area contributed by atoms with E-state index in [0.717, 1.165) is 31.7 Å². The number of benzene rings is 1. The Labute approximate surface area is 118 Å². The second-order valence-corrected chi connectivity index (χ2v) is 4.91. The minimum Gasteiger partial charge on any atom is -0.492 e. The van der Waals surface area contributed by atoms with Crippen LogP contribution in [0.5, 0.6) is 5.75 Å². The number of nitriles is 1. The maximum absolute atomic E-state index is 10.8. The molecule has 5 heteroatoms. The molecule has 20 heavy (non-hydrogen) atoms. The first-order valence-corrected chi connectivity index (χ1v) is 6.78. The van der Waals surface area contributed by atoms with Gasteiger partial charge in [-0.15, -0.1) is 0 Å². The monoisotopic (exact) mass is 274 g/mol. The van der Waals surface area contributed by atoms with E-state index in [-0.39, 0.29) is 12.5 Å². The molecule has 1 heterocycles. The summed E-state index contributed by atoms with van der Waals surface area (Å²) in [7, 11) is 0. The standard InChI is InChI=1S/C15H18N2O3/c16-11-12-3-5-14(6-4-12)20-9-8-17-7-1-2-13(17)10-15(18)19/h3-6,13H,1-2,7-10H2,(H,18,19). The maximum Gasteiger partial charge on any atom is 0.304 e. The van der Waals surface area contributed by atoms with Gasteiger partial charge in [0.25, 0.3) is 0 Å². The SMILES string of the molecule is N#Cc1ccc(OCCN2CCCC2CC(=O)O)cc1. The van der Waals surface area contributed by atoms with Crippen molar-refractivity contribution in [2.75, 3.05) is 19.7 Å². The van der Waals surface area contributed by atoms with Crippen molar-refractivity contribution < 1.29 is 14.6 Å². The van der Waals surface area contributed by atoms with Gasteiger partial charge in [-0.3, -0.25) is 9.69 Å². The largest absolute Gasteiger partial charge is 0.492 e. The molecule has 1 N–H and O–H groups in total. The first-order valence-electron chi connectivity index (χ1n) is 6.78. The number of carboxylic acid groups (broad SMARTS) is 1. The van der Waals surface area contributed by atoms with Crippen LogP contribution in [0.2, 0.25) is 0 Å². The molecule has 0 amide bonds. The van der Waals surface area contributed by atoms with Crippen molar-refractivity contribution in [2.24, 2.45) is 0 Å². The third kappa shape index (κ3) is 3.97. The van der Waals surface area contributed by atoms with Gasteiger partial charge in [0.2, 0.25) is 0 Å². The van der Waals surface area contributed by atoms with Crippen molar-refractivity contribution in [1.29, 1.82) is 5.26 Å². The lowest BCUT2D eigenvalue weighted by Crippen LogP contribution is -2.34. The minimum absolute atomic E-state index is 0.136. The predicted molar refractivity (Wildman–Crippen MR) is 73.5 cm³/mol. The summed E-state index contributed by atoms with van der Waals surface area (Å²) in [5.41, 5.74) is 0.610. The van der Waals surface area contributed by atoms with Gasteiger partial charge in [-0.1, -0.05) is 0 Å². The van der Waals surface area contributed by atoms with Crippen molar-refractivity contribution in [3.63, 3.8) is 0 Å². The van der Waals surface area contributed by atoms with Gasteiger partial charge >= 0.3 is 5.97 Å². The fourth-order valence-corrected chi connectivity index (χ4v) is 2.53. The third-order valence-corrected chi connectivity index (χ3v) is 3.54. The van der Waals surface area contributed by atoms with E-state index < -0.39 is 5.97 Å². The number of hydrogen-bond acceptors (Lipinski definition) is 4. The zero-order chi connectivity index (χ0) is 14.4. The summed E-state index contributed by atoms with van der Waals surface area (Å²) in [4.78, 5) is 13.0. The molecule has 0 saturated carbocycles. The summed E-state index contributed by atoms with van der Waals surface area (Å²) in [6.45, 7) is 2.20. The highest BCUT2D eigenvalue weighted by Gasteiger charge is 2.26. The predicted octanol–water partition coefficient (Wildman–Crippen LogP) is 1.88. The lowest BCUT2D eigenvalue weighted by molar-refractivity contribution is -0.138. The molecular formula is C15H18N2O3. The van der Waals surface area contributed by atoms with Gasteiger partial charge in [0, 0.05) is 12.6 Å². The van der Waals surface area contributed by atoms with Gasteiger partial charge in [-0.2, -0.15) is 5.26 Å². The zero-order valence-electron chi connectivity index (χ0n) is 11.3. The van der Waals surface area contributed by atoms with E-state index >= 15 is 0 Å². The summed E-state index contributed by atoms with van der Waals surface area (Å²) in [5.74, 6) is -0.00658. The van der Waals surface area contributed by atoms with E-state index in [1.807, 2.05) is 0 Å². The zero-order valence-corrected chi connectivity index (χ0v) is 11.3. The molecule has 1 aliphatic rings. The van der Waals surface area contributed by atoms with Gasteiger partial charge in [-0.05, 0) is 43.7 Å². The fourth-order valence-electron chi connectivity index (χ4n) is 2.53. The number of nitrogens with zero attached hydrogens (tertiary/aromatic N) is 2. The average molecular weight is 274 g/mol. The molecule has 1 aromatic rings. The summed E-state index contributed by atoms with van der Waals surface area (Å²) < 4.78 is 5.62. The number of carboxylic acids is 1. The van der Waals surface area contributed by atoms with Crippen molar-refractivity contribution in [1.82, 2.24) is 4.90 Å². The lowest BCUT2D eigenvalue weighted by atomic mass is 10.1. The highest BCUT2D eigenvalue weighted by atomic mass is 16.5. The van der Waals surface area contributed by atoms with Crippen LogP contribution in [0.25, 0.3) is 0 Å². The van der Waals surface area contributed by atoms with Gasteiger partial charge in [0.1, 0.15) is 12.4 Å². The quantitative estimate of drug-likeness (QED) is 0.857. The van der Waals surface area contributed by atoms with E-state index in [0.29, 0.717) is 12.2 Å². The molecule has 1 saturated heterocycles. The van der Waals surface area contributed by atoms with Crippen LogP contribution < -0.4 is 4.74 Å². The number of carbonyl (C=O) groups is 1. The number of aliphatic carboxylic acids is 1. The molecule has 0 aliphatic carbocycles. The molecule has 1 aromatic carbocycles. The fraction of sp³-hybridized carbons (Fsp3) is 0.467. The van der Waals surface area contributed by atoms with Gasteiger partial charge in [0.15, 0.2) is 0 Å². The van der Waals surface area contributed by atoms with Crippen LogP contribution in [-0.4, -0.2) is 41.7 Å². The molecule has 5 nitrogen and oxygen atoms in total. The Morgan fingerprint density at radius 1 is 1.45 bits per heavy atom. The Morgan fingerprint density at radius 2 is 2.20 bits per heavy atom. The molecule has 0 aromatic heterocycles. The van der Waals surface area contributed by atoms with Gasteiger partial charge < -0.3 is 9.84 Å². The Hall–Kier alpha value is -2.06. The molecular weight excluding hydrogens is 256 g/mol. The molecule has 2 rings (SSSR count). The molecule has 106 valence electrons. The van der Waals surface area contributed by atoms with Crippen LogP contribution in [0.15, 0.2) is 24.3 Å². The van der Waals surface area contributed by atoms with E-state index in [1.165, 1.54) is 0 Å². The average Bonchev–Trinajstić information content (AvgIpc) is 2.86. The van der Waals surface area contributed by atoms with Crippen LogP contribution in [0, 0.1) is 11.3 Å². The third-order valence-electron chi connectivity index (χ3n) is 3.54. The van der Waals surface area contributed by atoms with Crippen LogP contribution in [0.1, 0.15) is 24.8 Å². The number of likely N-dealkylation sites (tertiary alicyclic amines) is 1. The van der Waals surface area contributed by atoms with Crippen LogP contribution >= 0.6 is 0 Å². The molecule has 0 spiro atoms. The molecule has 1 unspecified atom stereocenters. The van der Waals surface area contributed by atoms with Crippen LogP contribution in [0.3, 0.4) is 0 Å². The van der Waals surface area contributed by atoms with E-state index in [1.54, 1.807) is 24.3 Å². The normalized spacial score (nSPS) is 18.6. The highest BCUT2D eigenvalue weighted by Crippen LogP contribution is 2.20. The number of rotatable bonds is 6. The van der Waals surface area contributed by atoms with Crippen molar-refractivity contribution in [2.45, 2.75) is 25.3 Å². The van der Waals surface area contributed by atoms with E-state index in [2.05, 4.69) is 11.0 Å². The van der Waals surface area contributed by atoms with Gasteiger partial charge in [0.05, 0.1) is 18.1 Å². The van der Waals surface area contributed by atoms with E-state index in [4.69, 9.17) is 15.1 Å². The summed E-state index contributed by atoms with van der Waals surface area (Å²) in [5, 5.41) is 17.6. The van der Waals surface area contributed by atoms with Crippen LogP contribution in [0.4, 0.5) is 0 Å². The Balaban J connectivity index is 1.77. The van der Waals surface area contributed by atoms with Crippen molar-refractivity contribution >= 4 is 5.97 Å². The molecule has 1 fully saturated rings. The van der Waals surface area contributed by atoms with E-state index in [9.17, 15) is 4.79 Å². The first-order chi connectivity index (χ1) is 9.69. The first kappa shape index (κ1) is 14.4. The minimum atomic E-state index is -0.741. The van der Waals surface area contributed by atoms with Crippen molar-refractivity contribution in [3.05, 3.63) is 29.8 Å². The lowest BCUT2D eigenvalue weighted by Gasteiger charge is -2.22. The highest BCUT2D eigenvalue weighted by molar-refractivity contribution is 5.67. The van der Waals surface area contributed by atoms with Crippen LogP contribution in [-0.2, 0) is 4.79 Å². The topological polar surface area (TPSA) is 73.6 Å². The second kappa shape index (κ2) is 6.92. The number of hydrogen-bond donors (Lipinski definition) is 1. The maximum atomic E-state index is 10.8. The molecule has 1 aliphatic heterocycles. The van der Waals surface area contributed by atoms with Crippen molar-refractivity contribution in [3.8, 4) is 11.8 Å². The molecule has 1 atom stereocenters. The second-order valence-electron chi connectivity index (χ2n) is 4.91. The summed E-state index contributed by atoms with van der Waals surface area (Å²) in [6.07, 6.45) is 2.20. The molecule has 0 bridgehead atoms.